The minimum absolute atomic E-state index is 0. The second-order valence-corrected chi connectivity index (χ2v) is 23.9. The zero-order chi connectivity index (χ0) is 50.0. The summed E-state index contributed by atoms with van der Waals surface area (Å²) in [5.41, 5.74) is 10.8. The van der Waals surface area contributed by atoms with Crippen LogP contribution in [-0.4, -0.2) is 82.2 Å². The van der Waals surface area contributed by atoms with E-state index in [1.54, 1.807) is 0 Å². The van der Waals surface area contributed by atoms with E-state index in [9.17, 15) is 0 Å². The van der Waals surface area contributed by atoms with Crippen LogP contribution in [0.1, 0.15) is 237 Å². The van der Waals surface area contributed by atoms with Gasteiger partial charge in [0, 0.05) is 13.5 Å². The molecule has 0 saturated heterocycles. The quantitative estimate of drug-likeness (QED) is 0.180. The van der Waals surface area contributed by atoms with E-state index in [2.05, 4.69) is 192 Å². The minimum Gasteiger partial charge on any atom is -0.376 e. The molecular formula is C52H125N3O3S. The van der Waals surface area contributed by atoms with E-state index >= 15 is 0 Å². The number of hydrogen-bond acceptors (Lipinski definition) is 7. The molecule has 0 bridgehead atoms. The highest BCUT2D eigenvalue weighted by atomic mass is 32.2. The maximum atomic E-state index is 5.70. The van der Waals surface area contributed by atoms with Gasteiger partial charge in [0.2, 0.25) is 0 Å². The third kappa shape index (κ3) is 72.9. The van der Waals surface area contributed by atoms with Gasteiger partial charge < -0.3 is 30.6 Å². The van der Waals surface area contributed by atoms with E-state index < -0.39 is 0 Å². The lowest BCUT2D eigenvalue weighted by molar-refractivity contribution is -0.0838. The number of nitrogens with two attached hydrogens (primary N) is 2. The topological polar surface area (TPSA) is 83.0 Å². The van der Waals surface area contributed by atoms with Crippen molar-refractivity contribution in [3.05, 3.63) is 0 Å². The van der Waals surface area contributed by atoms with Gasteiger partial charge in [0.1, 0.15) is 0 Å². The lowest BCUT2D eigenvalue weighted by Gasteiger charge is -2.33. The summed E-state index contributed by atoms with van der Waals surface area (Å²) in [7, 11) is 2.15. The molecule has 0 aliphatic heterocycles. The van der Waals surface area contributed by atoms with E-state index in [-0.39, 0.29) is 12.6 Å². The third-order valence-corrected chi connectivity index (χ3v) is 10.6. The average Bonchev–Trinajstić information content (AvgIpc) is 2.94. The molecule has 0 unspecified atom stereocenters. The highest BCUT2D eigenvalue weighted by Gasteiger charge is 2.26. The summed E-state index contributed by atoms with van der Waals surface area (Å²) in [4.78, 5) is 2.33. The summed E-state index contributed by atoms with van der Waals surface area (Å²) < 4.78 is 16.6. The summed E-state index contributed by atoms with van der Waals surface area (Å²) in [6, 6.07) is 2.02. The first-order chi connectivity index (χ1) is 25.9. The summed E-state index contributed by atoms with van der Waals surface area (Å²) in [5, 5.41) is 1.58. The average molecular weight is 874 g/mol. The Morgan fingerprint density at radius 3 is 0.610 bits per heavy atom. The second kappa shape index (κ2) is 42.1. The van der Waals surface area contributed by atoms with Gasteiger partial charge in [-0.1, -0.05) is 125 Å². The van der Waals surface area contributed by atoms with Crippen LogP contribution in [0, 0.1) is 29.1 Å². The molecule has 372 valence electrons. The molecule has 0 aromatic carbocycles. The fourth-order valence-corrected chi connectivity index (χ4v) is 4.93. The maximum Gasteiger partial charge on any atom is 0.0652 e. The molecule has 0 saturated carbocycles. The van der Waals surface area contributed by atoms with Gasteiger partial charge in [-0.2, -0.15) is 11.8 Å². The molecule has 4 N–H and O–H groups in total. The molecular weight excluding hydrogens is 747 g/mol. The summed E-state index contributed by atoms with van der Waals surface area (Å²) in [6.45, 7) is 73.1. The van der Waals surface area contributed by atoms with Crippen molar-refractivity contribution in [2.24, 2.45) is 40.6 Å². The van der Waals surface area contributed by atoms with Gasteiger partial charge >= 0.3 is 0 Å². The Hall–Kier alpha value is 0.110. The van der Waals surface area contributed by atoms with Crippen LogP contribution in [0.3, 0.4) is 0 Å². The SMILES string of the molecule is CC(C)C(C)(C)C(C)C.CC(C)N.CC(C)N.CC(C)N(C)C(C)C.CC(C)OC(C)(C)C(C)C.CC(C)OC(C)(C)C(C)C.CC(C)OC(C)C.CC(C)SC(C)C.[2HH]. The molecule has 0 rings (SSSR count). The van der Waals surface area contributed by atoms with Crippen LogP contribution < -0.4 is 11.5 Å². The maximum absolute atomic E-state index is 5.70. The zero-order valence-corrected chi connectivity index (χ0v) is 48.6. The molecule has 0 spiro atoms. The number of hydrogen-bond donors (Lipinski definition) is 2. The van der Waals surface area contributed by atoms with E-state index in [1.165, 1.54) is 0 Å². The smallest absolute Gasteiger partial charge is 0.0652 e. The molecule has 0 heterocycles. The molecule has 0 aliphatic carbocycles. The third-order valence-electron chi connectivity index (χ3n) is 9.55. The highest BCUT2D eigenvalue weighted by molar-refractivity contribution is 8.00. The lowest BCUT2D eigenvalue weighted by Crippen LogP contribution is -2.33. The van der Waals surface area contributed by atoms with E-state index in [0.717, 1.165) is 22.3 Å². The molecule has 59 heavy (non-hydrogen) atoms. The molecule has 0 aromatic heterocycles. The monoisotopic (exact) mass is 873 g/mol. The fourth-order valence-electron chi connectivity index (χ4n) is 3.84. The molecule has 0 atom stereocenters. The van der Waals surface area contributed by atoms with Gasteiger partial charge in [-0.15, -0.1) is 0 Å². The van der Waals surface area contributed by atoms with Crippen LogP contribution >= 0.6 is 11.8 Å². The first-order valence-corrected chi connectivity index (χ1v) is 24.7. The number of rotatable bonds is 14. The van der Waals surface area contributed by atoms with Crippen molar-refractivity contribution >= 4 is 11.8 Å². The Kier molecular flexibility index (Phi) is 54.5. The Balaban J connectivity index is -0.0000000718. The molecule has 0 aromatic rings. The van der Waals surface area contributed by atoms with Crippen molar-refractivity contribution in [3.63, 3.8) is 0 Å². The lowest BCUT2D eigenvalue weighted by atomic mass is 9.72. The van der Waals surface area contributed by atoms with Crippen LogP contribution in [0.5, 0.6) is 0 Å². The molecule has 0 fully saturated rings. The van der Waals surface area contributed by atoms with E-state index in [4.69, 9.17) is 25.7 Å². The normalized spacial score (nSPS) is 12.0. The minimum atomic E-state index is 0. The first kappa shape index (κ1) is 76.4. The van der Waals surface area contributed by atoms with Crippen LogP contribution in [0.15, 0.2) is 0 Å². The Morgan fingerprint density at radius 1 is 0.390 bits per heavy atom. The van der Waals surface area contributed by atoms with Crippen LogP contribution in [0.25, 0.3) is 0 Å². The van der Waals surface area contributed by atoms with Gasteiger partial charge in [-0.3, -0.25) is 0 Å². The summed E-state index contributed by atoms with van der Waals surface area (Å²) in [6.07, 6.45) is 1.41. The summed E-state index contributed by atoms with van der Waals surface area (Å²) >= 11 is 2.01. The number of nitrogens with zero attached hydrogens (tertiary/aromatic N) is 1. The van der Waals surface area contributed by atoms with Gasteiger partial charge in [0.15, 0.2) is 0 Å². The number of thioether (sulfide) groups is 1. The van der Waals surface area contributed by atoms with Crippen molar-refractivity contribution < 1.29 is 15.6 Å². The van der Waals surface area contributed by atoms with Crippen molar-refractivity contribution in [3.8, 4) is 0 Å². The van der Waals surface area contributed by atoms with Crippen LogP contribution in [0.4, 0.5) is 0 Å². The predicted molar refractivity (Wildman–Crippen MR) is 282 cm³/mol. The van der Waals surface area contributed by atoms with E-state index in [1.807, 2.05) is 67.2 Å². The Morgan fingerprint density at radius 2 is 0.593 bits per heavy atom. The Bertz CT molecular complexity index is 740. The first-order valence-electron chi connectivity index (χ1n) is 23.8. The van der Waals surface area contributed by atoms with Gasteiger partial charge in [0.05, 0.1) is 35.6 Å². The van der Waals surface area contributed by atoms with E-state index in [0.29, 0.717) is 65.8 Å². The Labute approximate surface area is 384 Å². The van der Waals surface area contributed by atoms with Crippen LogP contribution in [-0.2, 0) is 14.2 Å². The predicted octanol–water partition coefficient (Wildman–Crippen LogP) is 16.1. The zero-order valence-electron chi connectivity index (χ0n) is 47.8. The number of ether oxygens (including phenoxy) is 3. The van der Waals surface area contributed by atoms with Gasteiger partial charge in [0.25, 0.3) is 0 Å². The highest BCUT2D eigenvalue weighted by Crippen LogP contribution is 2.34. The van der Waals surface area contributed by atoms with Gasteiger partial charge in [-0.05, 0) is 169 Å². The molecule has 0 amide bonds. The van der Waals surface area contributed by atoms with Gasteiger partial charge in [-0.25, -0.2) is 0 Å². The van der Waals surface area contributed by atoms with Crippen molar-refractivity contribution in [1.82, 2.24) is 4.90 Å². The summed E-state index contributed by atoms with van der Waals surface area (Å²) in [5.74, 6) is 2.74. The molecule has 6 nitrogen and oxygen atoms in total. The fraction of sp³-hybridized carbons (Fsp3) is 1.00. The van der Waals surface area contributed by atoms with Crippen molar-refractivity contribution in [1.29, 1.82) is 0 Å². The molecule has 0 aliphatic rings. The molecule has 0 radical (unpaired) electrons. The van der Waals surface area contributed by atoms with Crippen molar-refractivity contribution in [2.45, 2.75) is 306 Å². The standard InChI is InChI=1S/2C9H20O.C9H20.C7H17N.C6H14O.C6H14S.2C3H9N.H2/c2*1-7(2)9(5,6)10-8(3)4;1-7(2)9(5,6)8(3)4;1-6(2)8(5)7(3)4;2*1-5(2)7-6(3)4;2*1-3(2)4;/h2*7-8H,1-6H3;7-8H,1-6H3;6-7H,1-5H3;2*5-6H,1-4H3;2*3H,4H2,1-2H3;1H/i;;;;;;;;1+1. The largest absolute Gasteiger partial charge is 0.376 e. The van der Waals surface area contributed by atoms with Crippen LogP contribution in [0.2, 0.25) is 0 Å². The van der Waals surface area contributed by atoms with Crippen molar-refractivity contribution in [2.75, 3.05) is 7.05 Å². The molecule has 7 heteroatoms. The second-order valence-electron chi connectivity index (χ2n) is 21.8.